The zero-order valence-corrected chi connectivity index (χ0v) is 5.78. The first-order valence-electron chi connectivity index (χ1n) is 3.22. The Morgan fingerprint density at radius 1 is 1.25 bits per heavy atom. The van der Waals surface area contributed by atoms with E-state index in [1.54, 1.807) is 0 Å². The molecule has 0 aliphatic rings. The molecule has 50 valence electrons. The third kappa shape index (κ3) is 2.99. The van der Waals surface area contributed by atoms with Crippen molar-refractivity contribution >= 4 is 0 Å². The van der Waals surface area contributed by atoms with Gasteiger partial charge >= 0.3 is 0 Å². The Hall–Kier alpha value is -0.0800. The Bertz CT molecular complexity index is 43.8. The highest BCUT2D eigenvalue weighted by molar-refractivity contribution is 4.47. The lowest BCUT2D eigenvalue weighted by atomic mass is 10.5. The molecule has 0 amide bonds. The van der Waals surface area contributed by atoms with Crippen LogP contribution in [0.2, 0.25) is 0 Å². The van der Waals surface area contributed by atoms with Crippen LogP contribution in [-0.4, -0.2) is 36.2 Å². The molecule has 8 heavy (non-hydrogen) atoms. The van der Waals surface area contributed by atoms with Gasteiger partial charge in [-0.2, -0.15) is 0 Å². The lowest BCUT2D eigenvalue weighted by molar-refractivity contribution is 0.208. The summed E-state index contributed by atoms with van der Waals surface area (Å²) in [7, 11) is 0. The maximum atomic E-state index is 6.90. The summed E-state index contributed by atoms with van der Waals surface area (Å²) in [5.41, 5.74) is 0. The highest BCUT2D eigenvalue weighted by atomic mass is 16.3. The Labute approximate surface area is 51.1 Å². The lowest BCUT2D eigenvalue weighted by Crippen LogP contribution is -2.25. The average molecular weight is 118 g/mol. The summed E-state index contributed by atoms with van der Waals surface area (Å²) in [6.45, 7) is 7.86. The minimum atomic E-state index is 0.529. The van der Waals surface area contributed by atoms with Crippen LogP contribution in [0.5, 0.6) is 0 Å². The molecule has 0 aromatic heterocycles. The van der Waals surface area contributed by atoms with Gasteiger partial charge in [-0.25, -0.2) is 0 Å². The van der Waals surface area contributed by atoms with E-state index in [0.29, 0.717) is 6.61 Å². The molecule has 0 saturated heterocycles. The zero-order valence-electron chi connectivity index (χ0n) is 5.78. The topological polar surface area (TPSA) is 26.1 Å². The maximum absolute atomic E-state index is 6.90. The number of hydrogen-bond donors (Lipinski definition) is 0. The molecule has 2 N–H and O–H groups in total. The molecule has 0 aliphatic heterocycles. The van der Waals surface area contributed by atoms with Crippen molar-refractivity contribution in [1.29, 1.82) is 0 Å². The van der Waals surface area contributed by atoms with Crippen LogP contribution in [0.1, 0.15) is 13.8 Å². The Morgan fingerprint density at radius 3 is 1.88 bits per heavy atom. The van der Waals surface area contributed by atoms with Crippen LogP contribution >= 0.6 is 0 Å². The van der Waals surface area contributed by atoms with Crippen molar-refractivity contribution in [2.45, 2.75) is 13.8 Å². The predicted molar refractivity (Wildman–Crippen MR) is 36.3 cm³/mol. The fraction of sp³-hybridized carbons (Fsp3) is 1.00. The molecule has 0 radical (unpaired) electrons. The molecule has 2 nitrogen and oxygen atoms in total. The van der Waals surface area contributed by atoms with Gasteiger partial charge in [0, 0.05) is 0 Å². The third-order valence-corrected chi connectivity index (χ3v) is 1.32. The maximum Gasteiger partial charge on any atom is 0.156 e. The monoisotopic (exact) mass is 118 g/mol. The molecule has 0 atom stereocenters. The molecule has 0 rings (SSSR count). The first-order chi connectivity index (χ1) is 3.85. The Morgan fingerprint density at radius 2 is 1.75 bits per heavy atom. The SMILES string of the molecule is CCN(CC)CC[OH2+]. The second kappa shape index (κ2) is 5.06. The van der Waals surface area contributed by atoms with Crippen molar-refractivity contribution in [1.82, 2.24) is 4.90 Å². The molecule has 2 heteroatoms. The van der Waals surface area contributed by atoms with Crippen LogP contribution in [0.15, 0.2) is 0 Å². The van der Waals surface area contributed by atoms with Crippen LogP contribution in [0, 0.1) is 0 Å². The van der Waals surface area contributed by atoms with Crippen molar-refractivity contribution in [3.63, 3.8) is 0 Å². The predicted octanol–water partition coefficient (Wildman–Crippen LogP) is 0.0528. The van der Waals surface area contributed by atoms with Gasteiger partial charge in [0.05, 0.1) is 6.54 Å². The van der Waals surface area contributed by atoms with Gasteiger partial charge in [-0.05, 0) is 13.1 Å². The van der Waals surface area contributed by atoms with Crippen molar-refractivity contribution in [3.05, 3.63) is 0 Å². The van der Waals surface area contributed by atoms with Crippen LogP contribution in [0.4, 0.5) is 0 Å². The van der Waals surface area contributed by atoms with Gasteiger partial charge in [0.25, 0.3) is 0 Å². The first kappa shape index (κ1) is 7.92. The minimum absolute atomic E-state index is 0.529. The summed E-state index contributed by atoms with van der Waals surface area (Å²) in [6.07, 6.45) is 0. The molecule has 0 fully saturated rings. The van der Waals surface area contributed by atoms with Gasteiger partial charge in [-0.15, -0.1) is 0 Å². The standard InChI is InChI=1S/C6H15NO/c1-3-7(4-2)5-6-8/h8H,3-6H2,1-2H3/p+1. The van der Waals surface area contributed by atoms with Crippen LogP contribution in [-0.2, 0) is 0 Å². The fourth-order valence-corrected chi connectivity index (χ4v) is 0.698. The van der Waals surface area contributed by atoms with Gasteiger partial charge in [-0.3, -0.25) is 4.90 Å². The molecule has 0 spiro atoms. The number of likely N-dealkylation sites (N-methyl/N-ethyl adjacent to an activating group) is 1. The van der Waals surface area contributed by atoms with Crippen LogP contribution in [0.3, 0.4) is 0 Å². The summed E-state index contributed by atoms with van der Waals surface area (Å²) in [6, 6.07) is 0. The van der Waals surface area contributed by atoms with Gasteiger partial charge in [0.2, 0.25) is 0 Å². The van der Waals surface area contributed by atoms with Crippen molar-refractivity contribution in [3.8, 4) is 0 Å². The van der Waals surface area contributed by atoms with E-state index in [1.807, 2.05) is 0 Å². The molecule has 0 aromatic rings. The van der Waals surface area contributed by atoms with E-state index in [0.717, 1.165) is 19.6 Å². The van der Waals surface area contributed by atoms with Crippen LogP contribution in [0.25, 0.3) is 0 Å². The second-order valence-electron chi connectivity index (χ2n) is 1.78. The van der Waals surface area contributed by atoms with E-state index in [-0.39, 0.29) is 0 Å². The Kier molecular flexibility index (Phi) is 5.01. The summed E-state index contributed by atoms with van der Waals surface area (Å²) in [4.78, 5) is 2.24. The van der Waals surface area contributed by atoms with Crippen LogP contribution < -0.4 is 0 Å². The summed E-state index contributed by atoms with van der Waals surface area (Å²) in [5.74, 6) is 0. The smallest absolute Gasteiger partial charge is 0.156 e. The molecule has 0 heterocycles. The number of rotatable bonds is 4. The van der Waals surface area contributed by atoms with E-state index >= 15 is 0 Å². The van der Waals surface area contributed by atoms with Gasteiger partial charge in [-0.1, -0.05) is 13.8 Å². The van der Waals surface area contributed by atoms with Gasteiger partial charge in [0.15, 0.2) is 6.61 Å². The fourth-order valence-electron chi connectivity index (χ4n) is 0.698. The minimum Gasteiger partial charge on any atom is -0.444 e. The molecular weight excluding hydrogens is 102 g/mol. The first-order valence-corrected chi connectivity index (χ1v) is 3.22. The lowest BCUT2D eigenvalue weighted by Gasteiger charge is -2.13. The highest BCUT2D eigenvalue weighted by Crippen LogP contribution is 1.82. The second-order valence-corrected chi connectivity index (χ2v) is 1.78. The van der Waals surface area contributed by atoms with E-state index in [1.165, 1.54) is 0 Å². The quantitative estimate of drug-likeness (QED) is 0.479. The number of nitrogens with zero attached hydrogens (tertiary/aromatic N) is 1. The summed E-state index contributed by atoms with van der Waals surface area (Å²) < 4.78 is 0. The zero-order chi connectivity index (χ0) is 6.41. The summed E-state index contributed by atoms with van der Waals surface area (Å²) >= 11 is 0. The normalized spacial score (nSPS) is 10.5. The third-order valence-electron chi connectivity index (χ3n) is 1.32. The molecule has 0 aliphatic carbocycles. The van der Waals surface area contributed by atoms with Crippen molar-refractivity contribution < 1.29 is 5.11 Å². The van der Waals surface area contributed by atoms with E-state index in [9.17, 15) is 0 Å². The summed E-state index contributed by atoms with van der Waals surface area (Å²) in [5, 5.41) is 6.90. The molecular formula is C6H16NO+. The highest BCUT2D eigenvalue weighted by Gasteiger charge is 1.95. The van der Waals surface area contributed by atoms with Crippen molar-refractivity contribution in [2.24, 2.45) is 0 Å². The Balaban J connectivity index is 3.07. The van der Waals surface area contributed by atoms with E-state index < -0.39 is 0 Å². The largest absolute Gasteiger partial charge is 0.444 e. The van der Waals surface area contributed by atoms with E-state index in [4.69, 9.17) is 5.11 Å². The van der Waals surface area contributed by atoms with Gasteiger partial charge in [0.1, 0.15) is 0 Å². The number of hydrogen-bond acceptors (Lipinski definition) is 1. The van der Waals surface area contributed by atoms with Gasteiger partial charge < -0.3 is 5.11 Å². The molecule has 0 unspecified atom stereocenters. The van der Waals surface area contributed by atoms with Crippen molar-refractivity contribution in [2.75, 3.05) is 26.2 Å². The van der Waals surface area contributed by atoms with E-state index in [2.05, 4.69) is 18.7 Å². The molecule has 0 bridgehead atoms. The molecule has 0 aromatic carbocycles. The average Bonchev–Trinajstić information content (AvgIpc) is 1.83. The molecule has 0 saturated carbocycles.